The van der Waals surface area contributed by atoms with Crippen molar-refractivity contribution in [2.75, 3.05) is 13.6 Å². The molecule has 2 heterocycles. The predicted molar refractivity (Wildman–Crippen MR) is 111 cm³/mol. The van der Waals surface area contributed by atoms with E-state index in [4.69, 9.17) is 23.2 Å². The molecular weight excluding hydrogens is 405 g/mol. The summed E-state index contributed by atoms with van der Waals surface area (Å²) in [6.07, 6.45) is 4.51. The Hall–Kier alpha value is -0.850. The van der Waals surface area contributed by atoms with E-state index < -0.39 is 10.9 Å². The summed E-state index contributed by atoms with van der Waals surface area (Å²) in [4.78, 5) is 33.4. The van der Waals surface area contributed by atoms with Crippen molar-refractivity contribution in [1.29, 1.82) is 0 Å². The molecule has 2 rings (SSSR count). The maximum Gasteiger partial charge on any atom is 0.245 e. The number of halogens is 2. The van der Waals surface area contributed by atoms with Crippen LogP contribution < -0.4 is 0 Å². The fourth-order valence-corrected chi connectivity index (χ4v) is 4.39. The van der Waals surface area contributed by atoms with Gasteiger partial charge in [-0.3, -0.25) is 9.59 Å². The molecule has 0 unspecified atom stereocenters. The van der Waals surface area contributed by atoms with Crippen LogP contribution in [-0.2, 0) is 9.59 Å². The highest BCUT2D eigenvalue weighted by Crippen LogP contribution is 2.34. The number of nitrogens with zero attached hydrogens (tertiary/aromatic N) is 3. The number of likely N-dealkylation sites (N-methyl/N-ethyl adjacent to an activating group) is 1. The molecule has 3 atom stereocenters. The van der Waals surface area contributed by atoms with Crippen LogP contribution in [0.1, 0.15) is 57.5 Å². The van der Waals surface area contributed by atoms with Crippen molar-refractivity contribution >= 4 is 46.4 Å². The van der Waals surface area contributed by atoms with Gasteiger partial charge in [-0.05, 0) is 31.1 Å². The Bertz CT molecular complexity index is 624. The van der Waals surface area contributed by atoms with E-state index >= 15 is 0 Å². The first-order chi connectivity index (χ1) is 12.7. The first kappa shape index (κ1) is 22.4. The van der Waals surface area contributed by atoms with Crippen molar-refractivity contribution in [3.8, 4) is 0 Å². The zero-order valence-corrected chi connectivity index (χ0v) is 18.7. The Balaban J connectivity index is 2.16. The van der Waals surface area contributed by atoms with Crippen molar-refractivity contribution in [3.63, 3.8) is 0 Å². The molecule has 27 heavy (non-hydrogen) atoms. The van der Waals surface area contributed by atoms with Gasteiger partial charge in [-0.2, -0.15) is 0 Å². The highest BCUT2D eigenvalue weighted by molar-refractivity contribution is 7.09. The highest BCUT2D eigenvalue weighted by Gasteiger charge is 2.38. The molecular formula is C19H29Cl2N3O2S. The van der Waals surface area contributed by atoms with Crippen molar-refractivity contribution in [2.24, 2.45) is 11.8 Å². The zero-order chi connectivity index (χ0) is 20.1. The first-order valence-corrected chi connectivity index (χ1v) is 11.2. The van der Waals surface area contributed by atoms with Crippen LogP contribution in [-0.4, -0.2) is 51.1 Å². The lowest BCUT2D eigenvalue weighted by atomic mass is 10.00. The van der Waals surface area contributed by atoms with E-state index in [2.05, 4.69) is 18.8 Å². The second-order valence-corrected chi connectivity index (χ2v) is 9.82. The number of aromatic nitrogens is 1. The van der Waals surface area contributed by atoms with E-state index in [0.717, 1.165) is 17.8 Å². The summed E-state index contributed by atoms with van der Waals surface area (Å²) >= 11 is 13.4. The van der Waals surface area contributed by atoms with E-state index in [9.17, 15) is 9.59 Å². The summed E-state index contributed by atoms with van der Waals surface area (Å²) in [6.45, 7) is 6.68. The van der Waals surface area contributed by atoms with E-state index in [1.165, 1.54) is 0 Å². The zero-order valence-electron chi connectivity index (χ0n) is 16.4. The second kappa shape index (κ2) is 10.1. The number of thiazole rings is 1. The molecule has 2 amide bonds. The maximum atomic E-state index is 13.4. The molecule has 1 aliphatic rings. The minimum atomic E-state index is -0.602. The summed E-state index contributed by atoms with van der Waals surface area (Å²) in [5, 5.41) is 2.91. The molecule has 5 nitrogen and oxygen atoms in total. The quantitative estimate of drug-likeness (QED) is 0.566. The Morgan fingerprint density at radius 2 is 2.07 bits per heavy atom. The standard InChI is InChI=1S/C19H29Cl2N3O2S/c1-12(2)10-15(23(4)16(25)11-13(3)17(20)21)19(26)24-8-5-6-14(24)18-22-7-9-27-18/h7,9,12-15,17H,5-6,8,10-11H2,1-4H3/t13-,14-,15-/m0/s1. The minimum absolute atomic E-state index is 0.0122. The molecule has 0 aliphatic carbocycles. The smallest absolute Gasteiger partial charge is 0.245 e. The molecule has 0 radical (unpaired) electrons. The highest BCUT2D eigenvalue weighted by atomic mass is 35.5. The topological polar surface area (TPSA) is 53.5 Å². The summed E-state index contributed by atoms with van der Waals surface area (Å²) in [5.41, 5.74) is 0. The van der Waals surface area contributed by atoms with E-state index in [-0.39, 0.29) is 30.2 Å². The number of rotatable bonds is 8. The molecule has 8 heteroatoms. The van der Waals surface area contributed by atoms with E-state index in [1.54, 1.807) is 29.5 Å². The molecule has 1 saturated heterocycles. The van der Waals surface area contributed by atoms with Crippen LogP contribution in [0.4, 0.5) is 0 Å². The molecule has 1 aliphatic heterocycles. The van der Waals surface area contributed by atoms with Crippen molar-refractivity contribution < 1.29 is 9.59 Å². The average Bonchev–Trinajstić information content (AvgIpc) is 3.28. The molecule has 0 spiro atoms. The molecule has 152 valence electrons. The normalized spacial score (nSPS) is 19.6. The number of hydrogen-bond donors (Lipinski definition) is 0. The lowest BCUT2D eigenvalue weighted by Crippen LogP contribution is -2.50. The fraction of sp³-hybridized carbons (Fsp3) is 0.737. The lowest BCUT2D eigenvalue weighted by molar-refractivity contribution is -0.146. The number of hydrogen-bond acceptors (Lipinski definition) is 4. The van der Waals surface area contributed by atoms with Crippen molar-refractivity contribution in [2.45, 2.75) is 63.4 Å². The average molecular weight is 434 g/mol. The molecule has 0 saturated carbocycles. The SMILES string of the molecule is CC(C)C[C@@H](C(=O)N1CCC[C@H]1c1nccs1)N(C)C(=O)C[C@H](C)C(Cl)Cl. The Labute approximate surface area is 176 Å². The Morgan fingerprint density at radius 1 is 1.37 bits per heavy atom. The number of carbonyl (C=O) groups is 2. The van der Waals surface area contributed by atoms with Gasteiger partial charge >= 0.3 is 0 Å². The Morgan fingerprint density at radius 3 is 2.63 bits per heavy atom. The maximum absolute atomic E-state index is 13.4. The van der Waals surface area contributed by atoms with Crippen LogP contribution in [0.2, 0.25) is 0 Å². The largest absolute Gasteiger partial charge is 0.334 e. The van der Waals surface area contributed by atoms with Gasteiger partial charge in [0.15, 0.2) is 0 Å². The van der Waals surface area contributed by atoms with Gasteiger partial charge in [0, 0.05) is 31.6 Å². The van der Waals surface area contributed by atoms with Gasteiger partial charge in [0.05, 0.1) is 6.04 Å². The number of amides is 2. The molecule has 0 N–H and O–H groups in total. The fourth-order valence-electron chi connectivity index (χ4n) is 3.43. The number of carbonyl (C=O) groups excluding carboxylic acids is 2. The van der Waals surface area contributed by atoms with Gasteiger partial charge in [0.2, 0.25) is 11.8 Å². The summed E-state index contributed by atoms with van der Waals surface area (Å²) < 4.78 is 0. The van der Waals surface area contributed by atoms with Crippen LogP contribution in [0.3, 0.4) is 0 Å². The van der Waals surface area contributed by atoms with Gasteiger partial charge in [-0.15, -0.1) is 34.5 Å². The van der Waals surface area contributed by atoms with Gasteiger partial charge in [-0.25, -0.2) is 4.98 Å². The van der Waals surface area contributed by atoms with Crippen molar-refractivity contribution in [1.82, 2.24) is 14.8 Å². The van der Waals surface area contributed by atoms with Crippen LogP contribution >= 0.6 is 34.5 Å². The first-order valence-electron chi connectivity index (χ1n) is 9.46. The van der Waals surface area contributed by atoms with Crippen LogP contribution in [0, 0.1) is 11.8 Å². The van der Waals surface area contributed by atoms with Gasteiger partial charge in [0.1, 0.15) is 15.9 Å². The third-order valence-electron chi connectivity index (χ3n) is 5.04. The third kappa shape index (κ3) is 5.81. The molecule has 1 aromatic rings. The summed E-state index contributed by atoms with van der Waals surface area (Å²) in [7, 11) is 1.71. The molecule has 0 bridgehead atoms. The van der Waals surface area contributed by atoms with Crippen LogP contribution in [0.15, 0.2) is 11.6 Å². The van der Waals surface area contributed by atoms with Crippen LogP contribution in [0.5, 0.6) is 0 Å². The molecule has 1 aromatic heterocycles. The molecule has 0 aromatic carbocycles. The van der Waals surface area contributed by atoms with E-state index in [1.807, 2.05) is 17.2 Å². The van der Waals surface area contributed by atoms with E-state index in [0.29, 0.717) is 18.9 Å². The monoisotopic (exact) mass is 433 g/mol. The molecule has 1 fully saturated rings. The van der Waals surface area contributed by atoms with Crippen LogP contribution in [0.25, 0.3) is 0 Å². The Kier molecular flexibility index (Phi) is 8.38. The van der Waals surface area contributed by atoms with Crippen molar-refractivity contribution in [3.05, 3.63) is 16.6 Å². The summed E-state index contributed by atoms with van der Waals surface area (Å²) in [6, 6.07) is -0.459. The number of alkyl halides is 2. The third-order valence-corrected chi connectivity index (χ3v) is 6.78. The summed E-state index contributed by atoms with van der Waals surface area (Å²) in [5.74, 6) is 0.0466. The predicted octanol–water partition coefficient (Wildman–Crippen LogP) is 4.51. The van der Waals surface area contributed by atoms with Gasteiger partial charge < -0.3 is 9.80 Å². The second-order valence-electron chi connectivity index (χ2n) is 7.73. The van der Waals surface area contributed by atoms with Gasteiger partial charge in [0.25, 0.3) is 0 Å². The lowest BCUT2D eigenvalue weighted by Gasteiger charge is -2.34. The number of likely N-dealkylation sites (tertiary alicyclic amines) is 1. The van der Waals surface area contributed by atoms with Gasteiger partial charge in [-0.1, -0.05) is 20.8 Å². The minimum Gasteiger partial charge on any atom is -0.334 e.